The highest BCUT2D eigenvalue weighted by molar-refractivity contribution is 9.09. The van der Waals surface area contributed by atoms with Crippen LogP contribution in [-0.2, 0) is 0 Å². The number of hydrogen-bond acceptors (Lipinski definition) is 3. The van der Waals surface area contributed by atoms with Gasteiger partial charge in [-0.2, -0.15) is 0 Å². The van der Waals surface area contributed by atoms with Gasteiger partial charge in [0.15, 0.2) is 11.6 Å². The van der Waals surface area contributed by atoms with Gasteiger partial charge in [-0.25, -0.2) is 0 Å². The number of rotatable bonds is 7. The molecule has 0 N–H and O–H groups in total. The van der Waals surface area contributed by atoms with Crippen LogP contribution in [0.3, 0.4) is 0 Å². The van der Waals surface area contributed by atoms with Crippen molar-refractivity contribution in [2.24, 2.45) is 0 Å². The smallest absolute Gasteiger partial charge is 0.198 e. The van der Waals surface area contributed by atoms with Gasteiger partial charge in [0.25, 0.3) is 0 Å². The molecular weight excluding hydrogens is 368 g/mol. The maximum Gasteiger partial charge on any atom is 0.198 e. The molecule has 3 nitrogen and oxygen atoms in total. The minimum absolute atomic E-state index is 0.108. The number of hydrogen-bond donors (Lipinski definition) is 0. The van der Waals surface area contributed by atoms with E-state index in [-0.39, 0.29) is 11.6 Å². The van der Waals surface area contributed by atoms with E-state index in [2.05, 4.69) is 15.9 Å². The van der Waals surface area contributed by atoms with E-state index in [0.29, 0.717) is 34.6 Å². The van der Waals surface area contributed by atoms with Crippen molar-refractivity contribution in [3.05, 3.63) is 64.7 Å². The topological polar surface area (TPSA) is 43.4 Å². The molecule has 1 aliphatic rings. The Kier molecular flexibility index (Phi) is 5.46. The normalized spacial score (nSPS) is 12.7. The van der Waals surface area contributed by atoms with Gasteiger partial charge in [0.2, 0.25) is 0 Å². The summed E-state index contributed by atoms with van der Waals surface area (Å²) in [5.74, 6) is 0.277. The van der Waals surface area contributed by atoms with Crippen LogP contribution in [0.2, 0.25) is 0 Å². The molecule has 0 saturated heterocycles. The van der Waals surface area contributed by atoms with Crippen LogP contribution < -0.4 is 4.74 Å². The van der Waals surface area contributed by atoms with Gasteiger partial charge in [-0.05, 0) is 18.9 Å². The molecule has 2 aromatic rings. The van der Waals surface area contributed by atoms with E-state index in [1.165, 1.54) is 0 Å². The zero-order chi connectivity index (χ0) is 16.9. The summed E-state index contributed by atoms with van der Waals surface area (Å²) in [6, 6.07) is 12.2. The molecule has 0 saturated carbocycles. The second kappa shape index (κ2) is 7.75. The van der Waals surface area contributed by atoms with Crippen molar-refractivity contribution >= 4 is 27.5 Å². The monoisotopic (exact) mass is 386 g/mol. The number of unbranched alkanes of at least 4 members (excludes halogenated alkanes) is 3. The quantitative estimate of drug-likeness (QED) is 0.432. The standard InChI is InChI=1S/C20H19BrO3/c21-12-5-1-2-6-13-24-17-11-7-10-16-18(17)20(23)15-9-4-3-8-14(15)19(16)22/h3-4,7-11H,1-2,5-6,12-13H2. The number of alkyl halides is 1. The van der Waals surface area contributed by atoms with Gasteiger partial charge in [-0.3, -0.25) is 9.59 Å². The molecule has 0 heterocycles. The maximum absolute atomic E-state index is 12.8. The Morgan fingerprint density at radius 1 is 0.750 bits per heavy atom. The van der Waals surface area contributed by atoms with Crippen LogP contribution in [0.25, 0.3) is 0 Å². The second-order valence-electron chi connectivity index (χ2n) is 5.83. The lowest BCUT2D eigenvalue weighted by molar-refractivity contribution is 0.0975. The SMILES string of the molecule is O=C1c2ccccc2C(=O)c2c(OCCCCCCBr)cccc21. The first kappa shape index (κ1) is 16.9. The van der Waals surface area contributed by atoms with Gasteiger partial charge < -0.3 is 4.74 Å². The van der Waals surface area contributed by atoms with Gasteiger partial charge in [-0.15, -0.1) is 0 Å². The summed E-state index contributed by atoms with van der Waals surface area (Å²) in [5.41, 5.74) is 1.78. The fourth-order valence-corrected chi connectivity index (χ4v) is 3.36. The highest BCUT2D eigenvalue weighted by atomic mass is 79.9. The molecule has 124 valence electrons. The maximum atomic E-state index is 12.8. The lowest BCUT2D eigenvalue weighted by Gasteiger charge is -2.20. The molecule has 0 bridgehead atoms. The molecule has 0 spiro atoms. The summed E-state index contributed by atoms with van der Waals surface area (Å²) in [4.78, 5) is 25.5. The molecule has 0 aromatic heterocycles. The molecule has 0 unspecified atom stereocenters. The predicted molar refractivity (Wildman–Crippen MR) is 97.5 cm³/mol. The van der Waals surface area contributed by atoms with Crippen molar-refractivity contribution in [1.29, 1.82) is 0 Å². The third kappa shape index (κ3) is 3.29. The first-order valence-electron chi connectivity index (χ1n) is 8.24. The van der Waals surface area contributed by atoms with Gasteiger partial charge in [0, 0.05) is 22.0 Å². The Balaban J connectivity index is 1.80. The van der Waals surface area contributed by atoms with Gasteiger partial charge in [0.05, 0.1) is 12.2 Å². The largest absolute Gasteiger partial charge is 0.493 e. The van der Waals surface area contributed by atoms with E-state index in [0.717, 1.165) is 31.0 Å². The first-order chi connectivity index (χ1) is 11.7. The van der Waals surface area contributed by atoms with E-state index in [1.807, 2.05) is 0 Å². The Morgan fingerprint density at radius 2 is 1.42 bits per heavy atom. The van der Waals surface area contributed by atoms with Crippen LogP contribution in [0.4, 0.5) is 0 Å². The molecule has 3 rings (SSSR count). The van der Waals surface area contributed by atoms with Crippen molar-refractivity contribution in [1.82, 2.24) is 0 Å². The number of ether oxygens (including phenoxy) is 1. The predicted octanol–water partition coefficient (Wildman–Crippen LogP) is 4.80. The van der Waals surface area contributed by atoms with E-state index in [9.17, 15) is 9.59 Å². The summed E-state index contributed by atoms with van der Waals surface area (Å²) >= 11 is 3.42. The van der Waals surface area contributed by atoms with Crippen LogP contribution in [-0.4, -0.2) is 23.5 Å². The number of benzene rings is 2. The Morgan fingerprint density at radius 3 is 2.17 bits per heavy atom. The number of halogens is 1. The van der Waals surface area contributed by atoms with E-state index in [4.69, 9.17) is 4.74 Å². The van der Waals surface area contributed by atoms with Gasteiger partial charge >= 0.3 is 0 Å². The summed E-state index contributed by atoms with van der Waals surface area (Å²) < 4.78 is 5.83. The van der Waals surface area contributed by atoms with E-state index >= 15 is 0 Å². The molecule has 0 atom stereocenters. The zero-order valence-electron chi connectivity index (χ0n) is 13.4. The lowest BCUT2D eigenvalue weighted by atomic mass is 9.83. The molecule has 1 aliphatic carbocycles. The average molecular weight is 387 g/mol. The summed E-state index contributed by atoms with van der Waals surface area (Å²) in [7, 11) is 0. The van der Waals surface area contributed by atoms with Crippen molar-refractivity contribution in [2.45, 2.75) is 25.7 Å². The molecule has 0 amide bonds. The average Bonchev–Trinajstić information content (AvgIpc) is 2.62. The molecule has 2 aromatic carbocycles. The summed E-state index contributed by atoms with van der Waals surface area (Å²) in [6.07, 6.45) is 4.35. The second-order valence-corrected chi connectivity index (χ2v) is 6.63. The Hall–Kier alpha value is -1.94. The van der Waals surface area contributed by atoms with Crippen LogP contribution in [0.5, 0.6) is 5.75 Å². The highest BCUT2D eigenvalue weighted by Crippen LogP contribution is 2.33. The Labute approximate surface area is 150 Å². The molecule has 0 radical (unpaired) electrons. The molecule has 24 heavy (non-hydrogen) atoms. The first-order valence-corrected chi connectivity index (χ1v) is 9.36. The number of ketones is 2. The third-order valence-electron chi connectivity index (χ3n) is 4.20. The number of fused-ring (bicyclic) bond motifs is 2. The minimum atomic E-state index is -0.130. The number of carbonyl (C=O) groups excluding carboxylic acids is 2. The number of carbonyl (C=O) groups is 2. The van der Waals surface area contributed by atoms with E-state index < -0.39 is 0 Å². The van der Waals surface area contributed by atoms with Gasteiger partial charge in [-0.1, -0.05) is 65.2 Å². The highest BCUT2D eigenvalue weighted by Gasteiger charge is 2.31. The molecular formula is C20H19BrO3. The minimum Gasteiger partial charge on any atom is -0.493 e. The lowest BCUT2D eigenvalue weighted by Crippen LogP contribution is -2.21. The fraction of sp³-hybridized carbons (Fsp3) is 0.300. The van der Waals surface area contributed by atoms with Crippen molar-refractivity contribution < 1.29 is 14.3 Å². The summed E-state index contributed by atoms with van der Waals surface area (Å²) in [5, 5.41) is 1.02. The van der Waals surface area contributed by atoms with Crippen molar-refractivity contribution in [3.63, 3.8) is 0 Å². The van der Waals surface area contributed by atoms with Crippen LogP contribution in [0, 0.1) is 0 Å². The van der Waals surface area contributed by atoms with Gasteiger partial charge in [0.1, 0.15) is 5.75 Å². The third-order valence-corrected chi connectivity index (χ3v) is 4.76. The van der Waals surface area contributed by atoms with Crippen LogP contribution >= 0.6 is 15.9 Å². The zero-order valence-corrected chi connectivity index (χ0v) is 15.0. The molecule has 4 heteroatoms. The van der Waals surface area contributed by atoms with Crippen LogP contribution in [0.15, 0.2) is 42.5 Å². The van der Waals surface area contributed by atoms with Crippen molar-refractivity contribution in [2.75, 3.05) is 11.9 Å². The van der Waals surface area contributed by atoms with Crippen molar-refractivity contribution in [3.8, 4) is 5.75 Å². The summed E-state index contributed by atoms with van der Waals surface area (Å²) in [6.45, 7) is 0.557. The molecule has 0 aliphatic heterocycles. The van der Waals surface area contributed by atoms with E-state index in [1.54, 1.807) is 42.5 Å². The fourth-order valence-electron chi connectivity index (χ4n) is 2.97. The molecule has 0 fully saturated rings. The Bertz CT molecular complexity index is 767. The van der Waals surface area contributed by atoms with Crippen LogP contribution in [0.1, 0.15) is 57.5 Å².